The van der Waals surface area contributed by atoms with Crippen LogP contribution < -0.4 is 14.2 Å². The van der Waals surface area contributed by atoms with E-state index in [9.17, 15) is 0 Å². The maximum absolute atomic E-state index is 6.52. The standard InChI is InChI=1S/C24H20ClNO3/c1-27-17-10-8-15(9-11-17)21-12-16-13-22(28-2)23(29-3)14-19(16)24(26-21)18-6-4-5-7-20(18)25/h4-14H,1-3H3. The van der Waals surface area contributed by atoms with Crippen LogP contribution in [0.5, 0.6) is 17.2 Å². The summed E-state index contributed by atoms with van der Waals surface area (Å²) in [5.41, 5.74) is 3.47. The Bertz CT molecular complexity index is 1170. The molecule has 0 amide bonds. The molecule has 0 N–H and O–H groups in total. The third-order valence-electron chi connectivity index (χ3n) is 4.85. The molecule has 0 saturated heterocycles. The summed E-state index contributed by atoms with van der Waals surface area (Å²) in [7, 11) is 4.90. The lowest BCUT2D eigenvalue weighted by Crippen LogP contribution is -1.95. The topological polar surface area (TPSA) is 40.6 Å². The van der Waals surface area contributed by atoms with Crippen LogP contribution in [0.4, 0.5) is 0 Å². The number of aromatic nitrogens is 1. The predicted octanol–water partition coefficient (Wildman–Crippen LogP) is 6.25. The Morgan fingerprint density at radius 3 is 2.10 bits per heavy atom. The Balaban J connectivity index is 2.02. The highest BCUT2D eigenvalue weighted by Crippen LogP contribution is 2.40. The zero-order chi connectivity index (χ0) is 20.4. The maximum atomic E-state index is 6.52. The molecule has 0 atom stereocenters. The van der Waals surface area contributed by atoms with Gasteiger partial charge in [0.2, 0.25) is 0 Å². The molecule has 29 heavy (non-hydrogen) atoms. The third kappa shape index (κ3) is 3.59. The normalized spacial score (nSPS) is 10.8. The van der Waals surface area contributed by atoms with Gasteiger partial charge in [-0.1, -0.05) is 29.8 Å². The summed E-state index contributed by atoms with van der Waals surface area (Å²) in [6.45, 7) is 0. The molecular weight excluding hydrogens is 386 g/mol. The molecule has 4 aromatic rings. The van der Waals surface area contributed by atoms with Crippen molar-refractivity contribution in [3.63, 3.8) is 0 Å². The Hall–Kier alpha value is -3.24. The van der Waals surface area contributed by atoms with Gasteiger partial charge in [-0.25, -0.2) is 4.98 Å². The summed E-state index contributed by atoms with van der Waals surface area (Å²) in [6, 6.07) is 21.5. The van der Waals surface area contributed by atoms with E-state index in [1.54, 1.807) is 21.3 Å². The first-order valence-electron chi connectivity index (χ1n) is 9.10. The van der Waals surface area contributed by atoms with Crippen LogP contribution >= 0.6 is 11.6 Å². The molecule has 0 saturated carbocycles. The van der Waals surface area contributed by atoms with Gasteiger partial charge in [0.05, 0.1) is 32.7 Å². The molecule has 0 radical (unpaired) electrons. The van der Waals surface area contributed by atoms with Crippen LogP contribution in [0.25, 0.3) is 33.3 Å². The van der Waals surface area contributed by atoms with Crippen molar-refractivity contribution in [3.05, 3.63) is 71.8 Å². The fourth-order valence-electron chi connectivity index (χ4n) is 3.35. The maximum Gasteiger partial charge on any atom is 0.161 e. The summed E-state index contributed by atoms with van der Waals surface area (Å²) < 4.78 is 16.3. The van der Waals surface area contributed by atoms with Crippen LogP contribution in [-0.4, -0.2) is 26.3 Å². The van der Waals surface area contributed by atoms with E-state index in [-0.39, 0.29) is 0 Å². The number of halogens is 1. The van der Waals surface area contributed by atoms with Crippen molar-refractivity contribution in [2.75, 3.05) is 21.3 Å². The summed E-state index contributed by atoms with van der Waals surface area (Å²) in [4.78, 5) is 4.97. The molecule has 0 aliphatic heterocycles. The van der Waals surface area contributed by atoms with Crippen LogP contribution in [0.1, 0.15) is 0 Å². The molecule has 0 unspecified atom stereocenters. The van der Waals surface area contributed by atoms with E-state index in [0.717, 1.165) is 39.0 Å². The number of fused-ring (bicyclic) bond motifs is 1. The number of hydrogen-bond donors (Lipinski definition) is 0. The molecule has 0 aliphatic carbocycles. The van der Waals surface area contributed by atoms with Gasteiger partial charge in [-0.3, -0.25) is 0 Å². The Morgan fingerprint density at radius 1 is 0.759 bits per heavy atom. The number of hydrogen-bond acceptors (Lipinski definition) is 4. The molecule has 0 fully saturated rings. The quantitative estimate of drug-likeness (QED) is 0.393. The van der Waals surface area contributed by atoms with Crippen LogP contribution in [0.2, 0.25) is 5.02 Å². The molecule has 0 aliphatic rings. The average molecular weight is 406 g/mol. The molecule has 1 heterocycles. The lowest BCUT2D eigenvalue weighted by molar-refractivity contribution is 0.356. The van der Waals surface area contributed by atoms with Gasteiger partial charge in [-0.15, -0.1) is 0 Å². The third-order valence-corrected chi connectivity index (χ3v) is 5.18. The van der Waals surface area contributed by atoms with Gasteiger partial charge < -0.3 is 14.2 Å². The van der Waals surface area contributed by atoms with Gasteiger partial charge in [0, 0.05) is 21.5 Å². The first kappa shape index (κ1) is 19.1. The molecule has 3 aromatic carbocycles. The van der Waals surface area contributed by atoms with Crippen molar-refractivity contribution in [1.29, 1.82) is 0 Å². The van der Waals surface area contributed by atoms with Gasteiger partial charge in [0.15, 0.2) is 11.5 Å². The van der Waals surface area contributed by atoms with E-state index >= 15 is 0 Å². The smallest absolute Gasteiger partial charge is 0.161 e. The second kappa shape index (κ2) is 8.02. The molecule has 0 spiro atoms. The largest absolute Gasteiger partial charge is 0.497 e. The van der Waals surface area contributed by atoms with Crippen LogP contribution in [-0.2, 0) is 0 Å². The van der Waals surface area contributed by atoms with Crippen molar-refractivity contribution in [2.45, 2.75) is 0 Å². The van der Waals surface area contributed by atoms with Gasteiger partial charge >= 0.3 is 0 Å². The van der Waals surface area contributed by atoms with Crippen molar-refractivity contribution in [1.82, 2.24) is 4.98 Å². The lowest BCUT2D eigenvalue weighted by Gasteiger charge is -2.14. The minimum absolute atomic E-state index is 0.642. The zero-order valence-corrected chi connectivity index (χ0v) is 17.2. The van der Waals surface area contributed by atoms with Gasteiger partial charge in [-0.2, -0.15) is 0 Å². The van der Waals surface area contributed by atoms with E-state index in [4.69, 9.17) is 30.8 Å². The number of ether oxygens (including phenoxy) is 3. The SMILES string of the molecule is COc1ccc(-c2cc3cc(OC)c(OC)cc3c(-c3ccccc3Cl)n2)cc1. The molecule has 146 valence electrons. The summed E-state index contributed by atoms with van der Waals surface area (Å²) in [6.07, 6.45) is 0. The van der Waals surface area contributed by atoms with E-state index in [0.29, 0.717) is 16.5 Å². The first-order valence-corrected chi connectivity index (χ1v) is 9.48. The van der Waals surface area contributed by atoms with E-state index in [2.05, 4.69) is 0 Å². The Labute approximate surface area is 174 Å². The molecule has 1 aromatic heterocycles. The molecule has 5 heteroatoms. The minimum atomic E-state index is 0.642. The van der Waals surface area contributed by atoms with Gasteiger partial charge in [-0.05, 0) is 53.9 Å². The average Bonchev–Trinajstić information content (AvgIpc) is 2.77. The van der Waals surface area contributed by atoms with Gasteiger partial charge in [0.1, 0.15) is 5.75 Å². The monoisotopic (exact) mass is 405 g/mol. The van der Waals surface area contributed by atoms with Crippen molar-refractivity contribution in [3.8, 4) is 39.8 Å². The number of nitrogens with zero attached hydrogens (tertiary/aromatic N) is 1. The predicted molar refractivity (Wildman–Crippen MR) is 117 cm³/mol. The van der Waals surface area contributed by atoms with E-state index in [1.807, 2.05) is 66.7 Å². The first-order chi connectivity index (χ1) is 14.1. The number of benzene rings is 3. The highest BCUT2D eigenvalue weighted by Gasteiger charge is 2.16. The van der Waals surface area contributed by atoms with E-state index in [1.165, 1.54) is 0 Å². The summed E-state index contributed by atoms with van der Waals surface area (Å²) >= 11 is 6.52. The fraction of sp³-hybridized carbons (Fsp3) is 0.125. The van der Waals surface area contributed by atoms with Crippen molar-refractivity contribution in [2.24, 2.45) is 0 Å². The molecule has 0 bridgehead atoms. The van der Waals surface area contributed by atoms with E-state index < -0.39 is 0 Å². The minimum Gasteiger partial charge on any atom is -0.497 e. The summed E-state index contributed by atoms with van der Waals surface area (Å²) in [5.74, 6) is 2.11. The number of pyridine rings is 1. The Kier molecular flexibility index (Phi) is 5.28. The lowest BCUT2D eigenvalue weighted by atomic mass is 10.00. The Morgan fingerprint density at radius 2 is 1.45 bits per heavy atom. The van der Waals surface area contributed by atoms with Crippen LogP contribution in [0, 0.1) is 0 Å². The number of methoxy groups -OCH3 is 3. The summed E-state index contributed by atoms with van der Waals surface area (Å²) in [5, 5.41) is 2.56. The molecule has 4 rings (SSSR count). The number of rotatable bonds is 5. The highest BCUT2D eigenvalue weighted by molar-refractivity contribution is 6.33. The second-order valence-corrected chi connectivity index (χ2v) is 6.90. The zero-order valence-electron chi connectivity index (χ0n) is 16.4. The van der Waals surface area contributed by atoms with Crippen molar-refractivity contribution >= 4 is 22.4 Å². The highest BCUT2D eigenvalue weighted by atomic mass is 35.5. The molecular formula is C24H20ClNO3. The second-order valence-electron chi connectivity index (χ2n) is 6.49. The van der Waals surface area contributed by atoms with Crippen LogP contribution in [0.3, 0.4) is 0 Å². The van der Waals surface area contributed by atoms with Crippen molar-refractivity contribution < 1.29 is 14.2 Å². The van der Waals surface area contributed by atoms with Crippen LogP contribution in [0.15, 0.2) is 66.7 Å². The molecule has 4 nitrogen and oxygen atoms in total. The fourth-order valence-corrected chi connectivity index (χ4v) is 3.57. The van der Waals surface area contributed by atoms with Gasteiger partial charge in [0.25, 0.3) is 0 Å².